The number of aromatic nitrogens is 1. The number of pyridine rings is 1. The maximum Gasteiger partial charge on any atom is 0.256 e. The summed E-state index contributed by atoms with van der Waals surface area (Å²) in [4.78, 5) is 27.1. The summed E-state index contributed by atoms with van der Waals surface area (Å²) in [6.45, 7) is 1.95. The molecule has 5 heteroatoms. The molecule has 0 unspecified atom stereocenters. The minimum absolute atomic E-state index is 0.285. The van der Waals surface area contributed by atoms with Crippen LogP contribution >= 0.6 is 22.6 Å². The van der Waals surface area contributed by atoms with Crippen LogP contribution in [0.4, 0.5) is 5.69 Å². The number of carbonyl (C=O) groups is 1. The van der Waals surface area contributed by atoms with Crippen molar-refractivity contribution in [2.45, 2.75) is 6.92 Å². The van der Waals surface area contributed by atoms with Crippen LogP contribution in [0.15, 0.2) is 53.3 Å². The number of nitrogens with one attached hydrogen (secondary N) is 2. The zero-order valence-electron chi connectivity index (χ0n) is 11.8. The van der Waals surface area contributed by atoms with Gasteiger partial charge in [-0.2, -0.15) is 0 Å². The van der Waals surface area contributed by atoms with Crippen LogP contribution in [0.25, 0.3) is 10.9 Å². The zero-order chi connectivity index (χ0) is 15.7. The first-order valence-corrected chi connectivity index (χ1v) is 7.82. The average Bonchev–Trinajstić information content (AvgIpc) is 2.51. The van der Waals surface area contributed by atoms with Crippen molar-refractivity contribution in [1.82, 2.24) is 4.98 Å². The van der Waals surface area contributed by atoms with Gasteiger partial charge in [0.1, 0.15) is 0 Å². The van der Waals surface area contributed by atoms with Gasteiger partial charge in [0.2, 0.25) is 5.56 Å². The van der Waals surface area contributed by atoms with Gasteiger partial charge >= 0.3 is 0 Å². The molecule has 4 nitrogen and oxygen atoms in total. The first-order valence-electron chi connectivity index (χ1n) is 6.75. The number of H-pyrrole nitrogens is 1. The van der Waals surface area contributed by atoms with Crippen molar-refractivity contribution in [2.75, 3.05) is 5.32 Å². The number of para-hydroxylation sites is 1. The smallest absolute Gasteiger partial charge is 0.256 e. The van der Waals surface area contributed by atoms with E-state index in [1.165, 1.54) is 6.07 Å². The number of aromatic amines is 1. The van der Waals surface area contributed by atoms with Crippen LogP contribution in [0.2, 0.25) is 0 Å². The Balaban J connectivity index is 2.06. The van der Waals surface area contributed by atoms with Gasteiger partial charge in [-0.05, 0) is 53.3 Å². The highest BCUT2D eigenvalue weighted by atomic mass is 127. The maximum atomic E-state index is 12.6. The topological polar surface area (TPSA) is 62.0 Å². The van der Waals surface area contributed by atoms with E-state index in [0.717, 1.165) is 20.2 Å². The number of benzene rings is 2. The van der Waals surface area contributed by atoms with Gasteiger partial charge in [0, 0.05) is 26.2 Å². The molecule has 2 N–H and O–H groups in total. The Hall–Kier alpha value is -2.15. The van der Waals surface area contributed by atoms with E-state index in [2.05, 4.69) is 32.9 Å². The van der Waals surface area contributed by atoms with Gasteiger partial charge in [0.05, 0.1) is 5.56 Å². The van der Waals surface area contributed by atoms with Crippen molar-refractivity contribution in [3.8, 4) is 0 Å². The van der Waals surface area contributed by atoms with Gasteiger partial charge in [0.25, 0.3) is 5.91 Å². The summed E-state index contributed by atoms with van der Waals surface area (Å²) in [5, 5.41) is 3.62. The number of anilines is 1. The highest BCUT2D eigenvalue weighted by Crippen LogP contribution is 2.22. The summed E-state index contributed by atoms with van der Waals surface area (Å²) in [7, 11) is 0. The summed E-state index contributed by atoms with van der Waals surface area (Å²) in [5.41, 5.74) is 2.49. The molecule has 1 heterocycles. The van der Waals surface area contributed by atoms with E-state index in [4.69, 9.17) is 0 Å². The van der Waals surface area contributed by atoms with E-state index in [1.807, 2.05) is 43.3 Å². The third kappa shape index (κ3) is 2.76. The zero-order valence-corrected chi connectivity index (χ0v) is 14.0. The minimum atomic E-state index is -0.289. The van der Waals surface area contributed by atoms with Crippen LogP contribution in [0.3, 0.4) is 0 Å². The molecule has 0 atom stereocenters. The first kappa shape index (κ1) is 14.8. The van der Waals surface area contributed by atoms with Crippen molar-refractivity contribution in [3.63, 3.8) is 0 Å². The lowest BCUT2D eigenvalue weighted by molar-refractivity contribution is 0.102. The molecule has 0 aliphatic heterocycles. The number of hydrogen-bond donors (Lipinski definition) is 2. The highest BCUT2D eigenvalue weighted by molar-refractivity contribution is 14.1. The molecule has 2 aromatic carbocycles. The van der Waals surface area contributed by atoms with Gasteiger partial charge in [-0.3, -0.25) is 9.59 Å². The molecule has 1 aromatic heterocycles. The molecule has 3 rings (SSSR count). The largest absolute Gasteiger partial charge is 0.322 e. The molecule has 1 amide bonds. The number of carbonyl (C=O) groups excluding carboxylic acids is 1. The summed E-state index contributed by atoms with van der Waals surface area (Å²) < 4.78 is 1.08. The van der Waals surface area contributed by atoms with Gasteiger partial charge < -0.3 is 10.3 Å². The standard InChI is InChI=1S/C17H13IN2O2/c1-10-13(18)6-4-8-14(10)20-17(22)12-9-16(21)19-15-7-3-2-5-11(12)15/h2-9H,1H3,(H,19,21)(H,20,22). The van der Waals surface area contributed by atoms with Gasteiger partial charge in [-0.25, -0.2) is 0 Å². The Kier molecular flexibility index (Phi) is 3.98. The van der Waals surface area contributed by atoms with Crippen molar-refractivity contribution in [3.05, 3.63) is 73.6 Å². The molecule has 0 radical (unpaired) electrons. The lowest BCUT2D eigenvalue weighted by Crippen LogP contribution is -2.17. The predicted octanol–water partition coefficient (Wildman–Crippen LogP) is 3.69. The molecule has 0 fully saturated rings. The van der Waals surface area contributed by atoms with E-state index in [9.17, 15) is 9.59 Å². The third-order valence-corrected chi connectivity index (χ3v) is 4.68. The van der Waals surface area contributed by atoms with Crippen molar-refractivity contribution in [2.24, 2.45) is 0 Å². The molecule has 3 aromatic rings. The van der Waals surface area contributed by atoms with Crippen molar-refractivity contribution >= 4 is 45.1 Å². The van der Waals surface area contributed by atoms with Crippen molar-refractivity contribution in [1.29, 1.82) is 0 Å². The van der Waals surface area contributed by atoms with Crippen LogP contribution < -0.4 is 10.9 Å². The molecule has 0 aliphatic carbocycles. The average molecular weight is 404 g/mol. The van der Waals surface area contributed by atoms with E-state index in [-0.39, 0.29) is 11.5 Å². The van der Waals surface area contributed by atoms with Crippen molar-refractivity contribution < 1.29 is 4.79 Å². The number of amides is 1. The van der Waals surface area contributed by atoms with Crippen LogP contribution in [0.1, 0.15) is 15.9 Å². The Morgan fingerprint density at radius 1 is 1.14 bits per heavy atom. The quantitative estimate of drug-likeness (QED) is 0.640. The maximum absolute atomic E-state index is 12.6. The number of halogens is 1. The predicted molar refractivity (Wildman–Crippen MR) is 96.4 cm³/mol. The minimum Gasteiger partial charge on any atom is -0.322 e. The van der Waals surface area contributed by atoms with Crippen LogP contribution in [-0.2, 0) is 0 Å². The second-order valence-corrected chi connectivity index (χ2v) is 6.12. The van der Waals surface area contributed by atoms with Gasteiger partial charge in [-0.15, -0.1) is 0 Å². The lowest BCUT2D eigenvalue weighted by Gasteiger charge is -2.11. The molecule has 22 heavy (non-hydrogen) atoms. The van der Waals surface area contributed by atoms with Crippen LogP contribution in [-0.4, -0.2) is 10.9 Å². The fourth-order valence-corrected chi connectivity index (χ4v) is 2.82. The van der Waals surface area contributed by atoms with E-state index < -0.39 is 0 Å². The third-order valence-electron chi connectivity index (χ3n) is 3.51. The first-order chi connectivity index (χ1) is 10.6. The molecular weight excluding hydrogens is 391 g/mol. The van der Waals surface area contributed by atoms with E-state index >= 15 is 0 Å². The lowest BCUT2D eigenvalue weighted by atomic mass is 10.1. The van der Waals surface area contributed by atoms with Crippen LogP contribution in [0, 0.1) is 10.5 Å². The summed E-state index contributed by atoms with van der Waals surface area (Å²) in [6.07, 6.45) is 0. The molecule has 110 valence electrons. The summed E-state index contributed by atoms with van der Waals surface area (Å²) in [5.74, 6) is -0.285. The second kappa shape index (κ2) is 5.92. The Morgan fingerprint density at radius 2 is 1.91 bits per heavy atom. The second-order valence-electron chi connectivity index (χ2n) is 4.96. The normalized spacial score (nSPS) is 10.6. The molecular formula is C17H13IN2O2. The molecule has 0 spiro atoms. The number of rotatable bonds is 2. The molecule has 0 saturated carbocycles. The SMILES string of the molecule is Cc1c(I)cccc1NC(=O)c1cc(=O)[nH]c2ccccc12. The van der Waals surface area contributed by atoms with E-state index in [1.54, 1.807) is 6.07 Å². The van der Waals surface area contributed by atoms with E-state index in [0.29, 0.717) is 11.1 Å². The highest BCUT2D eigenvalue weighted by Gasteiger charge is 2.13. The van der Waals surface area contributed by atoms with Crippen LogP contribution in [0.5, 0.6) is 0 Å². The summed E-state index contributed by atoms with van der Waals surface area (Å²) >= 11 is 2.22. The van der Waals surface area contributed by atoms with Gasteiger partial charge in [-0.1, -0.05) is 24.3 Å². The fraction of sp³-hybridized carbons (Fsp3) is 0.0588. The molecule has 0 saturated heterocycles. The fourth-order valence-electron chi connectivity index (χ4n) is 2.33. The Morgan fingerprint density at radius 3 is 2.73 bits per heavy atom. The molecule has 0 bridgehead atoms. The van der Waals surface area contributed by atoms with Gasteiger partial charge in [0.15, 0.2) is 0 Å². The Bertz CT molecular complexity index is 931. The summed E-state index contributed by atoms with van der Waals surface area (Å²) in [6, 6.07) is 14.3. The Labute approximate surface area is 140 Å². The molecule has 0 aliphatic rings. The monoisotopic (exact) mass is 404 g/mol. The number of hydrogen-bond acceptors (Lipinski definition) is 2. The number of fused-ring (bicyclic) bond motifs is 1.